The van der Waals surface area contributed by atoms with Crippen LogP contribution in [0, 0.1) is 20.8 Å². The first-order valence-electron chi connectivity index (χ1n) is 44.0. The number of rotatable bonds is 33. The van der Waals surface area contributed by atoms with Gasteiger partial charge < -0.3 is 60.5 Å². The van der Waals surface area contributed by atoms with Crippen LogP contribution in [0.2, 0.25) is 15.1 Å². The molecule has 38 heteroatoms. The first-order chi connectivity index (χ1) is 60.4. The minimum Gasteiger partial charge on any atom is -0.489 e. The van der Waals surface area contributed by atoms with Crippen LogP contribution in [0.1, 0.15) is 205 Å². The molecule has 3 aliphatic heterocycles. The smallest absolute Gasteiger partial charge is 0.229 e. The molecule has 698 valence electrons. The SMILES string of the molecule is COCC(C)(C)N1CCC(c2cc(OC(C)C)c(Nc3ncc(Cl)c(Nc4cn(C)nc4S(=O)(=O)C(C)C)n3)cc2C)CC1.COCC(C)(C)N1CCC(c2cc(OC3CC3)c(Nc3ncc(Cl)c(Nc4cn(C)nc4S(=O)(=O)C(C)C)n3)cc2C)CC1.Cc1cc(Nc2ncc(Cl)c(Nc3cn(C)nc3S(=O)(=O)C3CCC3)n2)c(OC(C)C)cc1C1CCN(C)CC1. The molecule has 2 saturated carbocycles. The van der Waals surface area contributed by atoms with E-state index in [0.717, 1.165) is 131 Å². The average molecular weight is 1880 g/mol. The van der Waals surface area contributed by atoms with Crippen LogP contribution in [0.5, 0.6) is 17.2 Å². The summed E-state index contributed by atoms with van der Waals surface area (Å²) in [5, 5.41) is 30.7. The van der Waals surface area contributed by atoms with Crippen molar-refractivity contribution < 1.29 is 48.9 Å². The van der Waals surface area contributed by atoms with Gasteiger partial charge in [0.2, 0.25) is 62.4 Å². The summed E-state index contributed by atoms with van der Waals surface area (Å²) in [5.41, 5.74) is 10.6. The molecule has 14 rings (SSSR count). The number of ether oxygens (including phenoxy) is 5. The number of aromatic nitrogens is 12. The topological polar surface area (TPSA) is 361 Å². The van der Waals surface area contributed by atoms with Gasteiger partial charge in [-0.3, -0.25) is 23.8 Å². The zero-order valence-corrected chi connectivity index (χ0v) is 82.3. The van der Waals surface area contributed by atoms with E-state index in [-0.39, 0.29) is 88.6 Å². The Hall–Kier alpha value is -8.75. The molecule has 3 aromatic carbocycles. The summed E-state index contributed by atoms with van der Waals surface area (Å²) >= 11 is 19.3. The summed E-state index contributed by atoms with van der Waals surface area (Å²) in [7, 11) is -0.150. The molecule has 9 aromatic rings. The largest absolute Gasteiger partial charge is 0.489 e. The van der Waals surface area contributed by atoms with Crippen molar-refractivity contribution in [1.82, 2.24) is 73.9 Å². The van der Waals surface area contributed by atoms with Crippen molar-refractivity contribution in [2.45, 2.75) is 252 Å². The van der Waals surface area contributed by atoms with Crippen LogP contribution in [0.3, 0.4) is 0 Å². The number of anilines is 12. The van der Waals surface area contributed by atoms with Gasteiger partial charge in [0.15, 0.2) is 17.5 Å². The number of nitrogens with one attached hydrogen (secondary N) is 6. The molecule has 6 aromatic heterocycles. The highest BCUT2D eigenvalue weighted by atomic mass is 35.5. The number of sulfone groups is 3. The summed E-state index contributed by atoms with van der Waals surface area (Å²) in [6.45, 7) is 37.4. The van der Waals surface area contributed by atoms with E-state index in [9.17, 15) is 25.3 Å². The Morgan fingerprint density at radius 1 is 0.430 bits per heavy atom. The van der Waals surface area contributed by atoms with Gasteiger partial charge in [-0.1, -0.05) is 41.2 Å². The van der Waals surface area contributed by atoms with Gasteiger partial charge in [0.05, 0.1) is 100.0 Å². The summed E-state index contributed by atoms with van der Waals surface area (Å²) < 4.78 is 112. The fourth-order valence-electron chi connectivity index (χ4n) is 16.6. The molecule has 0 amide bonds. The molecule has 3 saturated heterocycles. The Labute approximate surface area is 770 Å². The molecular weight excluding hydrogens is 1750 g/mol. The summed E-state index contributed by atoms with van der Waals surface area (Å²) in [4.78, 5) is 34.3. The van der Waals surface area contributed by atoms with Gasteiger partial charge in [-0.05, 0) is 302 Å². The number of likely N-dealkylation sites (tertiary alicyclic amines) is 3. The molecule has 0 radical (unpaired) electrons. The molecule has 0 unspecified atom stereocenters. The van der Waals surface area contributed by atoms with Crippen molar-refractivity contribution >= 4 is 134 Å². The third-order valence-corrected chi connectivity index (χ3v) is 31.2. The zero-order valence-electron chi connectivity index (χ0n) is 77.6. The maximum absolute atomic E-state index is 13.1. The van der Waals surface area contributed by atoms with Crippen molar-refractivity contribution in [3.8, 4) is 17.2 Å². The van der Waals surface area contributed by atoms with Crippen LogP contribution in [-0.2, 0) is 60.1 Å². The Kier molecular flexibility index (Phi) is 31.8. The number of benzene rings is 3. The first kappa shape index (κ1) is 98.3. The van der Waals surface area contributed by atoms with E-state index in [2.05, 4.69) is 184 Å². The minimum atomic E-state index is -3.65. The highest BCUT2D eigenvalue weighted by Gasteiger charge is 2.39. The fourth-order valence-corrected chi connectivity index (χ4v) is 21.1. The second-order valence-corrected chi connectivity index (χ2v) is 44.8. The van der Waals surface area contributed by atoms with Gasteiger partial charge in [0, 0.05) is 65.0 Å². The Balaban J connectivity index is 0.000000174. The van der Waals surface area contributed by atoms with E-state index in [4.69, 9.17) is 58.5 Å². The summed E-state index contributed by atoms with van der Waals surface area (Å²) in [5.74, 6) is 5.27. The van der Waals surface area contributed by atoms with Gasteiger partial charge in [0.1, 0.15) is 32.3 Å². The molecule has 0 spiro atoms. The van der Waals surface area contributed by atoms with Crippen LogP contribution in [0.15, 0.2) is 88.7 Å². The molecule has 5 aliphatic rings. The lowest BCUT2D eigenvalue weighted by Crippen LogP contribution is -2.50. The molecule has 2 aliphatic carbocycles. The van der Waals surface area contributed by atoms with E-state index in [0.29, 0.717) is 72.8 Å². The van der Waals surface area contributed by atoms with Crippen molar-refractivity contribution in [3.63, 3.8) is 0 Å². The van der Waals surface area contributed by atoms with Crippen LogP contribution < -0.4 is 46.1 Å². The van der Waals surface area contributed by atoms with Crippen LogP contribution in [-0.4, -0.2) is 218 Å². The lowest BCUT2D eigenvalue weighted by atomic mass is 9.85. The van der Waals surface area contributed by atoms with Crippen molar-refractivity contribution in [2.75, 3.05) is 106 Å². The number of hydrogen-bond donors (Lipinski definition) is 6. The van der Waals surface area contributed by atoms with Gasteiger partial charge in [-0.25, -0.2) is 40.2 Å². The predicted octanol–water partition coefficient (Wildman–Crippen LogP) is 17.8. The Bertz CT molecular complexity index is 5510. The van der Waals surface area contributed by atoms with Crippen molar-refractivity contribution in [1.29, 1.82) is 0 Å². The molecule has 128 heavy (non-hydrogen) atoms. The van der Waals surface area contributed by atoms with Crippen molar-refractivity contribution in [2.24, 2.45) is 21.1 Å². The Morgan fingerprint density at radius 2 is 0.750 bits per heavy atom. The van der Waals surface area contributed by atoms with Gasteiger partial charge in [-0.2, -0.15) is 30.2 Å². The lowest BCUT2D eigenvalue weighted by molar-refractivity contribution is 0.0185. The average Bonchev–Trinajstić information content (AvgIpc) is 1.67. The van der Waals surface area contributed by atoms with E-state index in [1.54, 1.807) is 81.6 Å². The quantitative estimate of drug-likeness (QED) is 0.0222. The molecule has 9 heterocycles. The maximum Gasteiger partial charge on any atom is 0.229 e. The monoisotopic (exact) mass is 1880 g/mol. The third-order valence-electron chi connectivity index (χ3n) is 24.0. The van der Waals surface area contributed by atoms with Gasteiger partial charge in [0.25, 0.3) is 0 Å². The van der Waals surface area contributed by atoms with Crippen molar-refractivity contribution in [3.05, 3.63) is 122 Å². The molecule has 0 atom stereocenters. The van der Waals surface area contributed by atoms with Gasteiger partial charge in [-0.15, -0.1) is 0 Å². The summed E-state index contributed by atoms with van der Waals surface area (Å²) in [6.07, 6.45) is 20.1. The minimum absolute atomic E-state index is 0.00200. The zero-order chi connectivity index (χ0) is 92.8. The van der Waals surface area contributed by atoms with E-state index < -0.39 is 45.3 Å². The second-order valence-electron chi connectivity index (χ2n) is 36.6. The summed E-state index contributed by atoms with van der Waals surface area (Å²) in [6, 6.07) is 12.7. The number of methoxy groups -OCH3 is 2. The van der Waals surface area contributed by atoms with Gasteiger partial charge >= 0.3 is 0 Å². The number of piperidine rings is 3. The molecular formula is C90H128Cl3N21O11S3. The number of hydrogen-bond acceptors (Lipinski definition) is 29. The number of halogens is 3. The van der Waals surface area contributed by atoms with Crippen LogP contribution in [0.25, 0.3) is 0 Å². The second kappa shape index (κ2) is 41.4. The fraction of sp³-hybridized carbons (Fsp3) is 0.567. The first-order valence-corrected chi connectivity index (χ1v) is 49.8. The lowest BCUT2D eigenvalue weighted by Gasteiger charge is -2.43. The normalized spacial score (nSPS) is 16.4. The number of nitrogens with zero attached hydrogens (tertiary/aromatic N) is 15. The molecule has 5 fully saturated rings. The highest BCUT2D eigenvalue weighted by Crippen LogP contribution is 2.46. The third kappa shape index (κ3) is 23.9. The van der Waals surface area contributed by atoms with E-state index in [1.165, 1.54) is 60.5 Å². The standard InChI is InChI=1S/C31H44ClN7O4S.C31H46ClN7O4S.C28H38ClN7O3S/c1-19(2)44(40,41)29-26(17-38(6)37-29)34-28-24(32)16-33-30(36-28)35-25-14-20(3)23(15-27(25)43-22-8-9-22)21-10-12-39(13-11-21)31(4,5)18-42-7;1-19(2)43-27-15-23(22-10-12-39(13-11-22)31(6,7)18-42-9)21(5)14-25(27)35-30-33-16-24(32)28(36-30)34-26-17-38(8)37-29(26)44(40,41)20(3)4;1-17(2)39-25-14-21(19-9-11-35(4)12-10-19)18(3)13-23(25)32-28-30-15-22(29)26(33-28)31-24-16-36(5)34-27(24)40(37,38)20-7-6-8-20/h14-17,19,21-22H,8-13,18H2,1-7H3,(H2,33,34,35,36);14-17,19-20,22H,10-13,18H2,1-9H3,(H2,33,34,35,36);13-17,19-20H,6-12H2,1-5H3,(H2,30,31,32,33). The van der Waals surface area contributed by atoms with E-state index >= 15 is 0 Å². The molecule has 6 N–H and O–H groups in total. The number of aryl methyl sites for hydroxylation is 6. The Morgan fingerprint density at radius 3 is 1.06 bits per heavy atom. The molecule has 0 bridgehead atoms. The van der Waals surface area contributed by atoms with Crippen LogP contribution in [0.4, 0.5) is 69.4 Å². The van der Waals surface area contributed by atoms with Crippen LogP contribution >= 0.6 is 34.8 Å². The highest BCUT2D eigenvalue weighted by molar-refractivity contribution is 7.92. The van der Waals surface area contributed by atoms with E-state index in [1.807, 2.05) is 27.7 Å². The molecule has 32 nitrogen and oxygen atoms in total. The predicted molar refractivity (Wildman–Crippen MR) is 507 cm³/mol. The maximum atomic E-state index is 13.1.